The molecule has 0 fully saturated rings. The van der Waals surface area contributed by atoms with Gasteiger partial charge in [0.15, 0.2) is 0 Å². The molecule has 0 atom stereocenters. The van der Waals surface area contributed by atoms with Gasteiger partial charge < -0.3 is 10.2 Å². The van der Waals surface area contributed by atoms with Crippen molar-refractivity contribution in [3.63, 3.8) is 0 Å². The monoisotopic (exact) mass is 242 g/mol. The number of carboxylic acid groups (broad SMARTS) is 1. The van der Waals surface area contributed by atoms with Crippen molar-refractivity contribution in [3.05, 3.63) is 65.2 Å². The van der Waals surface area contributed by atoms with E-state index in [-0.39, 0.29) is 12.2 Å². The average molecular weight is 242 g/mol. The van der Waals surface area contributed by atoms with Gasteiger partial charge in [0, 0.05) is 0 Å². The van der Waals surface area contributed by atoms with Gasteiger partial charge in [0.25, 0.3) is 0 Å². The Hall–Kier alpha value is -2.29. The average Bonchev–Trinajstić information content (AvgIpc) is 2.33. The Bertz CT molecular complexity index is 547. The quantitative estimate of drug-likeness (QED) is 0.866. The summed E-state index contributed by atoms with van der Waals surface area (Å²) in [5.41, 5.74) is 2.68. The molecule has 2 aromatic rings. The smallest absolute Gasteiger partial charge is 0.307 e. The molecule has 0 spiro atoms. The minimum Gasteiger partial charge on any atom is -0.508 e. The molecule has 0 heterocycles. The normalized spacial score (nSPS) is 10.2. The summed E-state index contributed by atoms with van der Waals surface area (Å²) in [5.74, 6) is -0.704. The molecule has 3 heteroatoms. The van der Waals surface area contributed by atoms with Crippen molar-refractivity contribution in [2.75, 3.05) is 0 Å². The number of hydrogen-bond acceptors (Lipinski definition) is 2. The number of hydrogen-bond donors (Lipinski definition) is 2. The Kier molecular flexibility index (Phi) is 3.63. The number of rotatable bonds is 4. The van der Waals surface area contributed by atoms with Crippen molar-refractivity contribution < 1.29 is 15.0 Å². The number of carboxylic acids is 1. The van der Waals surface area contributed by atoms with Crippen LogP contribution in [0.5, 0.6) is 5.75 Å². The van der Waals surface area contributed by atoms with Gasteiger partial charge in [-0.1, -0.05) is 36.4 Å². The number of phenolic OH excluding ortho intramolecular Hbond substituents is 1. The molecule has 0 saturated heterocycles. The second-order valence-corrected chi connectivity index (χ2v) is 4.19. The Balaban J connectivity index is 2.30. The van der Waals surface area contributed by atoms with E-state index in [4.69, 9.17) is 5.11 Å². The van der Waals surface area contributed by atoms with Gasteiger partial charge in [0.05, 0.1) is 6.42 Å². The fourth-order valence-corrected chi connectivity index (χ4v) is 1.93. The number of carbonyl (C=O) groups is 1. The van der Waals surface area contributed by atoms with Gasteiger partial charge in [-0.2, -0.15) is 0 Å². The van der Waals surface area contributed by atoms with E-state index in [9.17, 15) is 9.90 Å². The summed E-state index contributed by atoms with van der Waals surface area (Å²) < 4.78 is 0. The maximum absolute atomic E-state index is 10.8. The highest BCUT2D eigenvalue weighted by Crippen LogP contribution is 2.20. The van der Waals surface area contributed by atoms with E-state index in [1.807, 2.05) is 30.3 Å². The Morgan fingerprint density at radius 1 is 1.00 bits per heavy atom. The topological polar surface area (TPSA) is 57.5 Å². The highest BCUT2D eigenvalue weighted by atomic mass is 16.4. The number of aromatic hydroxyl groups is 1. The Labute approximate surface area is 105 Å². The Morgan fingerprint density at radius 2 is 1.72 bits per heavy atom. The van der Waals surface area contributed by atoms with Crippen molar-refractivity contribution >= 4 is 5.97 Å². The van der Waals surface area contributed by atoms with Crippen LogP contribution in [0.2, 0.25) is 0 Å². The van der Waals surface area contributed by atoms with Gasteiger partial charge in [0.2, 0.25) is 0 Å². The fourth-order valence-electron chi connectivity index (χ4n) is 1.93. The van der Waals surface area contributed by atoms with Crippen molar-refractivity contribution in [3.8, 4) is 5.75 Å². The van der Waals surface area contributed by atoms with E-state index in [0.29, 0.717) is 6.42 Å². The van der Waals surface area contributed by atoms with Gasteiger partial charge in [0.1, 0.15) is 5.75 Å². The molecule has 0 aromatic heterocycles. The third-order valence-electron chi connectivity index (χ3n) is 2.77. The van der Waals surface area contributed by atoms with Crippen LogP contribution in [-0.2, 0) is 17.6 Å². The molecule has 2 N–H and O–H groups in total. The van der Waals surface area contributed by atoms with E-state index < -0.39 is 5.97 Å². The standard InChI is InChI=1S/C15H14O3/c16-14-7-6-12(10-15(17)18)13(9-14)8-11-4-2-1-3-5-11/h1-7,9,16H,8,10H2,(H,17,18). The maximum Gasteiger partial charge on any atom is 0.307 e. The molecule has 0 unspecified atom stereocenters. The third kappa shape index (κ3) is 3.10. The minimum atomic E-state index is -0.866. The van der Waals surface area contributed by atoms with Crippen LogP contribution in [0, 0.1) is 0 Å². The Morgan fingerprint density at radius 3 is 2.39 bits per heavy atom. The molecule has 0 radical (unpaired) electrons. The molecule has 0 saturated carbocycles. The molecule has 18 heavy (non-hydrogen) atoms. The largest absolute Gasteiger partial charge is 0.508 e. The van der Waals surface area contributed by atoms with E-state index in [1.54, 1.807) is 12.1 Å². The second-order valence-electron chi connectivity index (χ2n) is 4.19. The van der Waals surface area contributed by atoms with Crippen LogP contribution in [0.1, 0.15) is 16.7 Å². The van der Waals surface area contributed by atoms with Crippen LogP contribution < -0.4 is 0 Å². The highest BCUT2D eigenvalue weighted by Gasteiger charge is 2.08. The van der Waals surface area contributed by atoms with Crippen molar-refractivity contribution in [2.24, 2.45) is 0 Å². The fraction of sp³-hybridized carbons (Fsp3) is 0.133. The van der Waals surface area contributed by atoms with Crippen LogP contribution in [0.3, 0.4) is 0 Å². The summed E-state index contributed by atoms with van der Waals surface area (Å²) in [6, 6.07) is 14.6. The van der Waals surface area contributed by atoms with E-state index in [0.717, 1.165) is 16.7 Å². The lowest BCUT2D eigenvalue weighted by molar-refractivity contribution is -0.136. The molecular formula is C15H14O3. The zero-order valence-corrected chi connectivity index (χ0v) is 9.84. The van der Waals surface area contributed by atoms with Gasteiger partial charge in [-0.15, -0.1) is 0 Å². The summed E-state index contributed by atoms with van der Waals surface area (Å²) in [7, 11) is 0. The number of benzene rings is 2. The molecule has 3 nitrogen and oxygen atoms in total. The first-order valence-corrected chi connectivity index (χ1v) is 5.71. The van der Waals surface area contributed by atoms with E-state index in [2.05, 4.69) is 0 Å². The minimum absolute atomic E-state index is 0.0254. The van der Waals surface area contributed by atoms with E-state index in [1.165, 1.54) is 6.07 Å². The lowest BCUT2D eigenvalue weighted by atomic mass is 9.97. The summed E-state index contributed by atoms with van der Waals surface area (Å²) in [6.45, 7) is 0. The van der Waals surface area contributed by atoms with Crippen LogP contribution in [0.25, 0.3) is 0 Å². The van der Waals surface area contributed by atoms with Crippen LogP contribution in [0.4, 0.5) is 0 Å². The van der Waals surface area contributed by atoms with Crippen LogP contribution in [-0.4, -0.2) is 16.2 Å². The molecule has 2 aromatic carbocycles. The predicted molar refractivity (Wildman–Crippen MR) is 68.7 cm³/mol. The summed E-state index contributed by atoms with van der Waals surface area (Å²) in [4.78, 5) is 10.8. The van der Waals surface area contributed by atoms with Crippen LogP contribution >= 0.6 is 0 Å². The maximum atomic E-state index is 10.8. The van der Waals surface area contributed by atoms with Crippen molar-refractivity contribution in [1.82, 2.24) is 0 Å². The zero-order chi connectivity index (χ0) is 13.0. The lowest BCUT2D eigenvalue weighted by Gasteiger charge is -2.08. The molecule has 0 aliphatic carbocycles. The van der Waals surface area contributed by atoms with Crippen molar-refractivity contribution in [2.45, 2.75) is 12.8 Å². The number of phenols is 1. The summed E-state index contributed by atoms with van der Waals surface area (Å²) >= 11 is 0. The molecule has 0 amide bonds. The van der Waals surface area contributed by atoms with Gasteiger partial charge in [-0.05, 0) is 35.2 Å². The van der Waals surface area contributed by atoms with E-state index >= 15 is 0 Å². The molecule has 0 bridgehead atoms. The molecule has 0 aliphatic rings. The van der Waals surface area contributed by atoms with Gasteiger partial charge >= 0.3 is 5.97 Å². The predicted octanol–water partition coefficient (Wildman–Crippen LogP) is 2.61. The first-order valence-electron chi connectivity index (χ1n) is 5.71. The first kappa shape index (κ1) is 12.2. The molecule has 92 valence electrons. The number of aliphatic carboxylic acids is 1. The van der Waals surface area contributed by atoms with Gasteiger partial charge in [-0.25, -0.2) is 0 Å². The first-order chi connectivity index (χ1) is 8.65. The highest BCUT2D eigenvalue weighted by molar-refractivity contribution is 5.71. The third-order valence-corrected chi connectivity index (χ3v) is 2.77. The van der Waals surface area contributed by atoms with Crippen LogP contribution in [0.15, 0.2) is 48.5 Å². The second kappa shape index (κ2) is 5.36. The summed E-state index contributed by atoms with van der Waals surface area (Å²) in [6.07, 6.45) is 0.598. The lowest BCUT2D eigenvalue weighted by Crippen LogP contribution is -2.04. The zero-order valence-electron chi connectivity index (χ0n) is 9.84. The molecule has 0 aliphatic heterocycles. The molecule has 2 rings (SSSR count). The van der Waals surface area contributed by atoms with Crippen molar-refractivity contribution in [1.29, 1.82) is 0 Å². The molecular weight excluding hydrogens is 228 g/mol. The summed E-state index contributed by atoms with van der Waals surface area (Å²) in [5, 5.41) is 18.4. The SMILES string of the molecule is O=C(O)Cc1ccc(O)cc1Cc1ccccc1. The van der Waals surface area contributed by atoms with Gasteiger partial charge in [-0.3, -0.25) is 4.79 Å².